The molecule has 0 spiro atoms. The second kappa shape index (κ2) is 7.31. The molecule has 1 aromatic rings. The fourth-order valence-electron chi connectivity index (χ4n) is 2.71. The molecular formula is C16H25N3O2. The molecule has 1 saturated heterocycles. The molecule has 1 amide bonds. The molecule has 116 valence electrons. The van der Waals surface area contributed by atoms with Crippen molar-refractivity contribution in [1.82, 2.24) is 10.4 Å². The van der Waals surface area contributed by atoms with E-state index >= 15 is 0 Å². The predicted octanol–water partition coefficient (Wildman–Crippen LogP) is 2.33. The average molecular weight is 291 g/mol. The van der Waals surface area contributed by atoms with E-state index in [2.05, 4.69) is 24.3 Å². The summed E-state index contributed by atoms with van der Waals surface area (Å²) in [6, 6.07) is 8.09. The lowest BCUT2D eigenvalue weighted by Gasteiger charge is -2.38. The smallest absolute Gasteiger partial charge is 0.237 e. The summed E-state index contributed by atoms with van der Waals surface area (Å²) in [6.45, 7) is 4.63. The number of carbonyl (C=O) groups is 1. The van der Waals surface area contributed by atoms with Crippen LogP contribution in [0.2, 0.25) is 0 Å². The van der Waals surface area contributed by atoms with Crippen LogP contribution in [-0.2, 0) is 4.79 Å². The maximum Gasteiger partial charge on any atom is 0.237 e. The van der Waals surface area contributed by atoms with Gasteiger partial charge in [0, 0.05) is 12.1 Å². The number of rotatable bonds is 5. The van der Waals surface area contributed by atoms with Gasteiger partial charge in [0.05, 0.1) is 18.7 Å². The summed E-state index contributed by atoms with van der Waals surface area (Å²) in [6.07, 6.45) is 3.80. The van der Waals surface area contributed by atoms with Crippen molar-refractivity contribution in [2.75, 3.05) is 12.3 Å². The van der Waals surface area contributed by atoms with Crippen molar-refractivity contribution < 1.29 is 9.53 Å². The van der Waals surface area contributed by atoms with Crippen molar-refractivity contribution in [3.05, 3.63) is 24.3 Å². The summed E-state index contributed by atoms with van der Waals surface area (Å²) in [4.78, 5) is 12.0. The number of piperidine rings is 1. The molecule has 1 aliphatic rings. The fourth-order valence-corrected chi connectivity index (χ4v) is 2.71. The average Bonchev–Trinajstić information content (AvgIpc) is 2.45. The van der Waals surface area contributed by atoms with E-state index in [1.165, 1.54) is 6.42 Å². The van der Waals surface area contributed by atoms with E-state index in [1.54, 1.807) is 6.07 Å². The Morgan fingerprint density at radius 1 is 1.33 bits per heavy atom. The van der Waals surface area contributed by atoms with Crippen LogP contribution in [0.4, 0.5) is 5.69 Å². The number of anilines is 1. The number of amides is 1. The van der Waals surface area contributed by atoms with Crippen molar-refractivity contribution in [3.63, 3.8) is 0 Å². The van der Waals surface area contributed by atoms with Gasteiger partial charge in [-0.2, -0.15) is 0 Å². The van der Waals surface area contributed by atoms with Gasteiger partial charge in [-0.1, -0.05) is 18.6 Å². The van der Waals surface area contributed by atoms with Crippen LogP contribution in [0.15, 0.2) is 24.3 Å². The molecule has 2 rings (SSSR count). The monoisotopic (exact) mass is 291 g/mol. The Hall–Kier alpha value is -1.75. The Balaban J connectivity index is 1.76. The Morgan fingerprint density at radius 3 is 2.67 bits per heavy atom. The number of nitrogens with one attached hydrogen (secondary N) is 1. The van der Waals surface area contributed by atoms with Gasteiger partial charge < -0.3 is 10.5 Å². The molecule has 1 fully saturated rings. The third kappa shape index (κ3) is 4.36. The molecule has 0 aliphatic carbocycles. The minimum Gasteiger partial charge on any atom is -0.491 e. The van der Waals surface area contributed by atoms with Crippen LogP contribution in [0.1, 0.15) is 39.5 Å². The zero-order valence-corrected chi connectivity index (χ0v) is 12.8. The van der Waals surface area contributed by atoms with Gasteiger partial charge in [-0.25, -0.2) is 5.01 Å². The largest absolute Gasteiger partial charge is 0.491 e. The number of hydrogen-bond acceptors (Lipinski definition) is 4. The van der Waals surface area contributed by atoms with Gasteiger partial charge in [-0.15, -0.1) is 0 Å². The highest BCUT2D eigenvalue weighted by Gasteiger charge is 2.25. The van der Waals surface area contributed by atoms with Gasteiger partial charge in [-0.05, 0) is 38.8 Å². The van der Waals surface area contributed by atoms with E-state index in [0.717, 1.165) is 12.8 Å². The van der Waals surface area contributed by atoms with Crippen LogP contribution in [0, 0.1) is 0 Å². The van der Waals surface area contributed by atoms with Crippen LogP contribution in [-0.4, -0.2) is 29.6 Å². The van der Waals surface area contributed by atoms with E-state index in [4.69, 9.17) is 10.5 Å². The van der Waals surface area contributed by atoms with Crippen molar-refractivity contribution in [3.8, 4) is 5.75 Å². The summed E-state index contributed by atoms with van der Waals surface area (Å²) in [5.74, 6) is 0.620. The molecular weight excluding hydrogens is 266 g/mol. The molecule has 0 bridgehead atoms. The second-order valence-corrected chi connectivity index (χ2v) is 5.71. The molecule has 1 aromatic carbocycles. The maximum atomic E-state index is 12.0. The first-order valence-corrected chi connectivity index (χ1v) is 7.63. The summed E-state index contributed by atoms with van der Waals surface area (Å²) >= 11 is 0. The molecule has 5 nitrogen and oxygen atoms in total. The van der Waals surface area contributed by atoms with Crippen LogP contribution < -0.4 is 15.9 Å². The molecule has 0 radical (unpaired) electrons. The van der Waals surface area contributed by atoms with Gasteiger partial charge >= 0.3 is 0 Å². The summed E-state index contributed by atoms with van der Waals surface area (Å²) < 4.78 is 5.55. The minimum absolute atomic E-state index is 0.00916. The van der Waals surface area contributed by atoms with Crippen molar-refractivity contribution in [2.24, 2.45) is 0 Å². The molecule has 2 unspecified atom stereocenters. The minimum atomic E-state index is -0.00916. The molecule has 0 saturated carbocycles. The lowest BCUT2D eigenvalue weighted by molar-refractivity contribution is -0.129. The topological polar surface area (TPSA) is 67.6 Å². The summed E-state index contributed by atoms with van der Waals surface area (Å²) in [7, 11) is 0. The van der Waals surface area contributed by atoms with E-state index < -0.39 is 0 Å². The number of para-hydroxylation sites is 2. The second-order valence-electron chi connectivity index (χ2n) is 5.71. The quantitative estimate of drug-likeness (QED) is 0.817. The van der Waals surface area contributed by atoms with E-state index in [9.17, 15) is 4.79 Å². The van der Waals surface area contributed by atoms with Crippen LogP contribution in [0.25, 0.3) is 0 Å². The van der Waals surface area contributed by atoms with E-state index in [1.807, 2.05) is 18.2 Å². The highest BCUT2D eigenvalue weighted by molar-refractivity contribution is 5.75. The molecule has 0 aromatic heterocycles. The number of hydrogen-bond donors (Lipinski definition) is 2. The van der Waals surface area contributed by atoms with E-state index in [-0.39, 0.29) is 5.91 Å². The van der Waals surface area contributed by atoms with Gasteiger partial charge in [0.25, 0.3) is 0 Å². The van der Waals surface area contributed by atoms with Gasteiger partial charge in [0.1, 0.15) is 5.75 Å². The molecule has 21 heavy (non-hydrogen) atoms. The van der Waals surface area contributed by atoms with Crippen LogP contribution >= 0.6 is 0 Å². The number of nitrogens with zero attached hydrogens (tertiary/aromatic N) is 1. The first-order valence-electron chi connectivity index (χ1n) is 7.63. The molecule has 2 atom stereocenters. The number of carbonyl (C=O) groups excluding carboxylic acids is 1. The van der Waals surface area contributed by atoms with Crippen molar-refractivity contribution >= 4 is 11.6 Å². The van der Waals surface area contributed by atoms with E-state index in [0.29, 0.717) is 36.5 Å². The third-order valence-corrected chi connectivity index (χ3v) is 3.95. The highest BCUT2D eigenvalue weighted by Crippen LogP contribution is 2.21. The van der Waals surface area contributed by atoms with Gasteiger partial charge in [0.15, 0.2) is 0 Å². The summed E-state index contributed by atoms with van der Waals surface area (Å²) in [5.41, 5.74) is 9.39. The van der Waals surface area contributed by atoms with Crippen LogP contribution in [0.5, 0.6) is 5.75 Å². The predicted molar refractivity (Wildman–Crippen MR) is 83.7 cm³/mol. The Kier molecular flexibility index (Phi) is 5.44. The highest BCUT2D eigenvalue weighted by atomic mass is 16.5. The summed E-state index contributed by atoms with van der Waals surface area (Å²) in [5, 5.41) is 2.07. The van der Waals surface area contributed by atoms with Crippen LogP contribution in [0.3, 0.4) is 0 Å². The molecule has 1 heterocycles. The Bertz CT molecular complexity index is 468. The first-order chi connectivity index (χ1) is 10.1. The first kappa shape index (κ1) is 15.6. The Morgan fingerprint density at radius 2 is 2.00 bits per heavy atom. The lowest BCUT2D eigenvalue weighted by atomic mass is 10.00. The number of hydrazine groups is 1. The number of benzene rings is 1. The molecule has 5 heteroatoms. The van der Waals surface area contributed by atoms with Gasteiger partial charge in [0.2, 0.25) is 5.91 Å². The van der Waals surface area contributed by atoms with Crippen molar-refractivity contribution in [2.45, 2.75) is 51.6 Å². The Labute approximate surface area is 126 Å². The lowest BCUT2D eigenvalue weighted by Crippen LogP contribution is -2.54. The number of nitrogen functional groups attached to an aromatic ring is 1. The molecule has 1 aliphatic heterocycles. The third-order valence-electron chi connectivity index (χ3n) is 3.95. The normalized spacial score (nSPS) is 22.8. The zero-order valence-electron chi connectivity index (χ0n) is 12.8. The van der Waals surface area contributed by atoms with Crippen molar-refractivity contribution in [1.29, 1.82) is 0 Å². The number of ether oxygens (including phenoxy) is 1. The zero-order chi connectivity index (χ0) is 15.2. The SMILES string of the molecule is CC1CCCC(C)N1NC(=O)CCOc1ccccc1N. The standard InChI is InChI=1S/C16H25N3O2/c1-12-6-5-7-13(2)19(12)18-16(20)10-11-21-15-9-4-3-8-14(15)17/h3-4,8-9,12-13H,5-7,10-11,17H2,1-2H3,(H,18,20). The van der Waals surface area contributed by atoms with Gasteiger partial charge in [-0.3, -0.25) is 10.2 Å². The number of nitrogens with two attached hydrogens (primary N) is 1. The fraction of sp³-hybridized carbons (Fsp3) is 0.562. The maximum absolute atomic E-state index is 12.0. The molecule has 3 N–H and O–H groups in total.